The number of aliphatic carboxylic acids is 1. The molecular weight excluding hydrogens is 376 g/mol. The van der Waals surface area contributed by atoms with E-state index in [0.717, 1.165) is 5.57 Å². The van der Waals surface area contributed by atoms with Crippen molar-refractivity contribution in [3.05, 3.63) is 44.8 Å². The van der Waals surface area contributed by atoms with Gasteiger partial charge in [-0.3, -0.25) is 14.9 Å². The third kappa shape index (κ3) is 2.88. The minimum absolute atomic E-state index is 0.0250. The minimum Gasteiger partial charge on any atom is -0.480 e. The second-order valence-electron chi connectivity index (χ2n) is 6.51. The van der Waals surface area contributed by atoms with E-state index in [1.807, 2.05) is 20.8 Å². The number of nitrogens with zero attached hydrogens (tertiary/aromatic N) is 2. The summed E-state index contributed by atoms with van der Waals surface area (Å²) in [7, 11) is 0. The zero-order valence-electron chi connectivity index (χ0n) is 14.5. The predicted octanol–water partition coefficient (Wildman–Crippen LogP) is 3.21. The molecule has 0 saturated carbocycles. The van der Waals surface area contributed by atoms with Crippen molar-refractivity contribution in [1.82, 2.24) is 4.90 Å². The molecule has 26 heavy (non-hydrogen) atoms. The minimum atomic E-state index is -1.02. The molecule has 138 valence electrons. The molecule has 1 N–H and O–H groups in total. The van der Waals surface area contributed by atoms with E-state index in [0.29, 0.717) is 16.2 Å². The predicted molar refractivity (Wildman–Crippen MR) is 102 cm³/mol. The summed E-state index contributed by atoms with van der Waals surface area (Å²) in [4.78, 5) is 37.2. The molecule has 2 aliphatic rings. The monoisotopic (exact) mass is 394 g/mol. The summed E-state index contributed by atoms with van der Waals surface area (Å²) in [6.07, 6.45) is 0. The molecular formula is C17H18N2O5S2. The highest BCUT2D eigenvalue weighted by Gasteiger charge is 2.58. The summed E-state index contributed by atoms with van der Waals surface area (Å²) in [6, 6.07) is 5.14. The van der Waals surface area contributed by atoms with Crippen molar-refractivity contribution < 1.29 is 19.6 Å². The fraction of sp³-hybridized carbons (Fsp3) is 0.412. The Balaban J connectivity index is 2.10. The fourth-order valence-electron chi connectivity index (χ4n) is 3.38. The summed E-state index contributed by atoms with van der Waals surface area (Å²) < 4.78 is -0.638. The number of thioether (sulfide) groups is 2. The summed E-state index contributed by atoms with van der Waals surface area (Å²) in [5, 5.41) is 20.2. The van der Waals surface area contributed by atoms with Crippen LogP contribution in [0.15, 0.2) is 29.2 Å². The second-order valence-corrected chi connectivity index (χ2v) is 9.52. The molecule has 0 aromatic heterocycles. The summed E-state index contributed by atoms with van der Waals surface area (Å²) >= 11 is 2.82. The van der Waals surface area contributed by atoms with Crippen molar-refractivity contribution in [3.8, 4) is 0 Å². The Morgan fingerprint density at radius 3 is 2.50 bits per heavy atom. The molecule has 1 fully saturated rings. The molecule has 2 aliphatic heterocycles. The highest BCUT2D eigenvalue weighted by Crippen LogP contribution is 2.55. The lowest BCUT2D eigenvalue weighted by atomic mass is 10.0. The van der Waals surface area contributed by atoms with Crippen molar-refractivity contribution >= 4 is 46.7 Å². The molecule has 2 atom stereocenters. The zero-order valence-corrected chi connectivity index (χ0v) is 16.1. The van der Waals surface area contributed by atoms with Crippen LogP contribution in [0.2, 0.25) is 0 Å². The average molecular weight is 394 g/mol. The lowest BCUT2D eigenvalue weighted by Gasteiger charge is -2.26. The summed E-state index contributed by atoms with van der Waals surface area (Å²) in [5.74, 6) is -0.631. The Morgan fingerprint density at radius 2 is 2.00 bits per heavy atom. The first-order valence-electron chi connectivity index (χ1n) is 8.04. The molecule has 9 heteroatoms. The van der Waals surface area contributed by atoms with Crippen LogP contribution in [0.3, 0.4) is 0 Å². The Bertz CT molecular complexity index is 819. The number of amides is 1. The molecule has 0 spiro atoms. The van der Waals surface area contributed by atoms with Gasteiger partial charge in [0.1, 0.15) is 11.4 Å². The first kappa shape index (κ1) is 18.8. The first-order valence-corrected chi connectivity index (χ1v) is 9.90. The third-order valence-corrected chi connectivity index (χ3v) is 6.93. The smallest absolute Gasteiger partial charge is 0.327 e. The van der Waals surface area contributed by atoms with Crippen molar-refractivity contribution in [2.75, 3.05) is 5.75 Å². The third-order valence-electron chi connectivity index (χ3n) is 4.44. The number of hydrogen-bond donors (Lipinski definition) is 1. The van der Waals surface area contributed by atoms with Crippen LogP contribution in [0.25, 0.3) is 5.57 Å². The number of nitro groups is 1. The number of fused-ring (bicyclic) bond motifs is 1. The number of non-ortho nitro benzene ring substituents is 1. The van der Waals surface area contributed by atoms with Gasteiger partial charge < -0.3 is 10.0 Å². The van der Waals surface area contributed by atoms with E-state index in [2.05, 4.69) is 0 Å². The first-order chi connectivity index (χ1) is 12.2. The van der Waals surface area contributed by atoms with Gasteiger partial charge in [0.15, 0.2) is 0 Å². The lowest BCUT2D eigenvalue weighted by molar-refractivity contribution is -0.384. The van der Waals surface area contributed by atoms with E-state index >= 15 is 0 Å². The second kappa shape index (κ2) is 6.62. The van der Waals surface area contributed by atoms with Crippen LogP contribution >= 0.6 is 23.5 Å². The molecule has 1 aromatic rings. The fourth-order valence-corrected chi connectivity index (χ4v) is 5.98. The molecule has 0 aliphatic carbocycles. The maximum Gasteiger partial charge on any atom is 0.327 e. The van der Waals surface area contributed by atoms with Gasteiger partial charge in [0, 0.05) is 22.5 Å². The van der Waals surface area contributed by atoms with Gasteiger partial charge in [0.25, 0.3) is 11.6 Å². The lowest BCUT2D eigenvalue weighted by Crippen LogP contribution is -2.48. The molecule has 7 nitrogen and oxygen atoms in total. The molecule has 0 unspecified atom stereocenters. The van der Waals surface area contributed by atoms with Crippen LogP contribution in [-0.4, -0.2) is 48.7 Å². The molecule has 1 saturated heterocycles. The number of hydrogen-bond acceptors (Lipinski definition) is 6. The van der Waals surface area contributed by atoms with Gasteiger partial charge >= 0.3 is 5.97 Å². The van der Waals surface area contributed by atoms with Crippen LogP contribution < -0.4 is 0 Å². The van der Waals surface area contributed by atoms with Crippen molar-refractivity contribution in [3.63, 3.8) is 0 Å². The zero-order chi connectivity index (χ0) is 19.2. The number of rotatable bonds is 5. The number of carbonyl (C=O) groups is 2. The Labute approximate surface area is 159 Å². The molecule has 0 radical (unpaired) electrons. The van der Waals surface area contributed by atoms with E-state index < -0.39 is 27.1 Å². The topological polar surface area (TPSA) is 101 Å². The van der Waals surface area contributed by atoms with Crippen molar-refractivity contribution in [1.29, 1.82) is 0 Å². The van der Waals surface area contributed by atoms with Gasteiger partial charge in [-0.2, -0.15) is 0 Å². The van der Waals surface area contributed by atoms with E-state index in [-0.39, 0.29) is 11.6 Å². The Kier molecular flexibility index (Phi) is 4.78. The van der Waals surface area contributed by atoms with Crippen LogP contribution in [0.4, 0.5) is 5.69 Å². The van der Waals surface area contributed by atoms with Crippen molar-refractivity contribution in [2.45, 2.75) is 36.9 Å². The van der Waals surface area contributed by atoms with Crippen LogP contribution in [-0.2, 0) is 9.59 Å². The van der Waals surface area contributed by atoms with Crippen molar-refractivity contribution in [2.24, 2.45) is 0 Å². The van der Waals surface area contributed by atoms with Gasteiger partial charge in [-0.25, -0.2) is 4.79 Å². The van der Waals surface area contributed by atoms with E-state index in [9.17, 15) is 24.8 Å². The number of carbonyl (C=O) groups excluding carboxylic acids is 1. The standard InChI is InChI=1S/C17H18N2O5S2/c1-4-25-12-11(9-5-7-10(8-6-9)19(23)24)15-18(14(12)20)13(16(21)22)17(2,3)26-15/h5-8,13,15H,4H2,1-3H3,(H,21,22)/t13-,15+/m0/s1. The van der Waals surface area contributed by atoms with Crippen LogP contribution in [0.5, 0.6) is 0 Å². The number of carboxylic acids is 1. The summed E-state index contributed by atoms with van der Waals surface area (Å²) in [5.41, 5.74) is 1.43. The number of benzene rings is 1. The van der Waals surface area contributed by atoms with Crippen LogP contribution in [0.1, 0.15) is 26.3 Å². The molecule has 1 amide bonds. The molecule has 1 aromatic carbocycles. The van der Waals surface area contributed by atoms with E-state index in [4.69, 9.17) is 0 Å². The van der Waals surface area contributed by atoms with E-state index in [1.54, 1.807) is 12.1 Å². The molecule has 3 rings (SSSR count). The Morgan fingerprint density at radius 1 is 1.38 bits per heavy atom. The van der Waals surface area contributed by atoms with Gasteiger partial charge in [0.05, 0.1) is 9.83 Å². The van der Waals surface area contributed by atoms with E-state index in [1.165, 1.54) is 40.6 Å². The normalized spacial score (nSPS) is 24.1. The van der Waals surface area contributed by atoms with Gasteiger partial charge in [0.2, 0.25) is 0 Å². The van der Waals surface area contributed by atoms with Gasteiger partial charge in [-0.1, -0.05) is 6.92 Å². The SMILES string of the molecule is CCSC1=C(c2ccc([N+](=O)[O-])cc2)[C@H]2SC(C)(C)[C@H](C(=O)O)N2C1=O. The maximum atomic E-state index is 13.0. The number of nitro benzene ring substituents is 1. The Hall–Kier alpha value is -2.00. The highest BCUT2D eigenvalue weighted by molar-refractivity contribution is 8.05. The van der Waals surface area contributed by atoms with Crippen LogP contribution in [0, 0.1) is 10.1 Å². The number of carboxylic acid groups (broad SMARTS) is 1. The summed E-state index contributed by atoms with van der Waals surface area (Å²) in [6.45, 7) is 5.57. The molecule has 0 bridgehead atoms. The average Bonchev–Trinajstić information content (AvgIpc) is 2.97. The van der Waals surface area contributed by atoms with Gasteiger partial charge in [-0.05, 0) is 37.3 Å². The highest BCUT2D eigenvalue weighted by atomic mass is 32.2. The quantitative estimate of drug-likeness (QED) is 0.604. The largest absolute Gasteiger partial charge is 0.480 e. The maximum absolute atomic E-state index is 13.0. The molecule has 2 heterocycles. The van der Waals surface area contributed by atoms with Gasteiger partial charge in [-0.15, -0.1) is 23.5 Å².